The second-order valence-electron chi connectivity index (χ2n) is 4.46. The molecule has 0 aliphatic rings. The van der Waals surface area contributed by atoms with E-state index in [0.717, 1.165) is 11.3 Å². The highest BCUT2D eigenvalue weighted by Gasteiger charge is 2.37. The van der Waals surface area contributed by atoms with Crippen molar-refractivity contribution >= 4 is 5.97 Å². The zero-order valence-corrected chi connectivity index (χ0v) is 11.1. The van der Waals surface area contributed by atoms with Crippen molar-refractivity contribution in [2.24, 2.45) is 0 Å². The van der Waals surface area contributed by atoms with E-state index in [0.29, 0.717) is 18.7 Å². The average Bonchev–Trinajstić information content (AvgIpc) is 3.04. The monoisotopic (exact) mass is 264 g/mol. The van der Waals surface area contributed by atoms with Crippen LogP contribution in [0.15, 0.2) is 16.7 Å². The summed E-state index contributed by atoms with van der Waals surface area (Å²) in [6.07, 6.45) is 2.61. The van der Waals surface area contributed by atoms with E-state index < -0.39 is 11.5 Å². The number of carboxylic acid groups (broad SMARTS) is 1. The number of aryl methyl sites for hydroxylation is 1. The zero-order chi connectivity index (χ0) is 14.0. The van der Waals surface area contributed by atoms with E-state index in [9.17, 15) is 9.90 Å². The van der Waals surface area contributed by atoms with Gasteiger partial charge in [-0.2, -0.15) is 0 Å². The molecule has 2 heterocycles. The Morgan fingerprint density at radius 3 is 2.84 bits per heavy atom. The number of carbonyl (C=O) groups is 1. The Hall–Kier alpha value is -2.18. The quantitative estimate of drug-likeness (QED) is 0.883. The van der Waals surface area contributed by atoms with E-state index in [4.69, 9.17) is 4.42 Å². The van der Waals surface area contributed by atoms with Gasteiger partial charge in [0.1, 0.15) is 5.76 Å². The molecule has 2 aromatic heterocycles. The van der Waals surface area contributed by atoms with Crippen LogP contribution in [0.5, 0.6) is 0 Å². The number of aromatic nitrogens is 4. The average molecular weight is 264 g/mol. The van der Waals surface area contributed by atoms with E-state index in [1.165, 1.54) is 4.68 Å². The Morgan fingerprint density at radius 1 is 1.53 bits per heavy atom. The van der Waals surface area contributed by atoms with Crippen molar-refractivity contribution in [1.29, 1.82) is 0 Å². The van der Waals surface area contributed by atoms with Gasteiger partial charge in [0.05, 0.1) is 11.8 Å². The first kappa shape index (κ1) is 13.3. The summed E-state index contributed by atoms with van der Waals surface area (Å²) in [7, 11) is 0. The lowest BCUT2D eigenvalue weighted by Gasteiger charge is -2.23. The van der Waals surface area contributed by atoms with Crippen LogP contribution < -0.4 is 0 Å². The van der Waals surface area contributed by atoms with Crippen molar-refractivity contribution in [3.8, 4) is 11.4 Å². The molecule has 0 aromatic carbocycles. The fourth-order valence-corrected chi connectivity index (χ4v) is 1.89. The third-order valence-electron chi connectivity index (χ3n) is 3.39. The number of aliphatic carboxylic acids is 1. The molecule has 0 bridgehead atoms. The molecule has 1 atom stereocenters. The first-order valence-corrected chi connectivity index (χ1v) is 6.13. The van der Waals surface area contributed by atoms with Crippen LogP contribution in [0.2, 0.25) is 0 Å². The van der Waals surface area contributed by atoms with Crippen LogP contribution in [0.1, 0.15) is 33.0 Å². The number of tetrazole rings is 1. The molecule has 0 radical (unpaired) electrons. The van der Waals surface area contributed by atoms with Gasteiger partial charge in [-0.1, -0.05) is 13.8 Å². The Kier molecular flexibility index (Phi) is 3.37. The smallest absolute Gasteiger partial charge is 0.331 e. The molecule has 0 saturated carbocycles. The summed E-state index contributed by atoms with van der Waals surface area (Å²) in [5.41, 5.74) is -0.449. The molecule has 0 aliphatic carbocycles. The summed E-state index contributed by atoms with van der Waals surface area (Å²) < 4.78 is 6.69. The molecular formula is C12H16N4O3. The molecule has 0 amide bonds. The minimum Gasteiger partial charge on any atom is -0.479 e. The van der Waals surface area contributed by atoms with Gasteiger partial charge < -0.3 is 9.52 Å². The van der Waals surface area contributed by atoms with Crippen LogP contribution in [0.3, 0.4) is 0 Å². The summed E-state index contributed by atoms with van der Waals surface area (Å²) in [4.78, 5) is 11.5. The molecule has 0 aliphatic heterocycles. The van der Waals surface area contributed by atoms with E-state index in [1.807, 2.05) is 6.92 Å². The summed E-state index contributed by atoms with van der Waals surface area (Å²) in [6.45, 7) is 5.34. The topological polar surface area (TPSA) is 94.0 Å². The predicted octanol–water partition coefficient (Wildman–Crippen LogP) is 1.71. The third kappa shape index (κ3) is 2.00. The Labute approximate surface area is 110 Å². The van der Waals surface area contributed by atoms with Crippen LogP contribution in [0.4, 0.5) is 0 Å². The fourth-order valence-electron chi connectivity index (χ4n) is 1.89. The maximum absolute atomic E-state index is 11.5. The van der Waals surface area contributed by atoms with Gasteiger partial charge in [0.15, 0.2) is 11.4 Å². The van der Waals surface area contributed by atoms with E-state index in [-0.39, 0.29) is 0 Å². The second kappa shape index (κ2) is 4.83. The highest BCUT2D eigenvalue weighted by molar-refractivity contribution is 5.77. The lowest BCUT2D eigenvalue weighted by Crippen LogP contribution is -2.39. The molecule has 7 heteroatoms. The standard InChI is InChI=1S/C12H16N4O3/c1-4-9-8(6-7-19-9)10-13-14-15-16(10)12(3,5-2)11(17)18/h6-7H,4-5H2,1-3H3,(H,17,18). The van der Waals surface area contributed by atoms with Gasteiger partial charge in [-0.25, -0.2) is 9.48 Å². The highest BCUT2D eigenvalue weighted by atomic mass is 16.4. The number of rotatable bonds is 5. The molecule has 0 spiro atoms. The summed E-state index contributed by atoms with van der Waals surface area (Å²) >= 11 is 0. The van der Waals surface area contributed by atoms with Gasteiger partial charge in [-0.15, -0.1) is 5.10 Å². The lowest BCUT2D eigenvalue weighted by molar-refractivity contribution is -0.147. The number of hydrogen-bond donors (Lipinski definition) is 1. The van der Waals surface area contributed by atoms with Crippen LogP contribution >= 0.6 is 0 Å². The van der Waals surface area contributed by atoms with Gasteiger partial charge >= 0.3 is 5.97 Å². The first-order chi connectivity index (χ1) is 9.04. The van der Waals surface area contributed by atoms with Crippen LogP contribution in [0.25, 0.3) is 11.4 Å². The number of hydrogen-bond acceptors (Lipinski definition) is 5. The molecule has 102 valence electrons. The Bertz CT molecular complexity index is 589. The maximum Gasteiger partial charge on any atom is 0.331 e. The maximum atomic E-state index is 11.5. The number of carboxylic acids is 1. The summed E-state index contributed by atoms with van der Waals surface area (Å²) in [6, 6.07) is 1.75. The second-order valence-corrected chi connectivity index (χ2v) is 4.46. The largest absolute Gasteiger partial charge is 0.479 e. The van der Waals surface area contributed by atoms with E-state index >= 15 is 0 Å². The van der Waals surface area contributed by atoms with Gasteiger partial charge in [0, 0.05) is 6.42 Å². The first-order valence-electron chi connectivity index (χ1n) is 6.13. The third-order valence-corrected chi connectivity index (χ3v) is 3.39. The van der Waals surface area contributed by atoms with Crippen molar-refractivity contribution in [3.05, 3.63) is 18.1 Å². The van der Waals surface area contributed by atoms with E-state index in [1.54, 1.807) is 26.2 Å². The van der Waals surface area contributed by atoms with Gasteiger partial charge in [0.25, 0.3) is 0 Å². The molecule has 1 N–H and O–H groups in total. The zero-order valence-electron chi connectivity index (χ0n) is 11.1. The van der Waals surface area contributed by atoms with Gasteiger partial charge in [-0.05, 0) is 29.8 Å². The Balaban J connectivity index is 2.57. The number of nitrogens with zero attached hydrogens (tertiary/aromatic N) is 4. The molecule has 2 rings (SSSR count). The van der Waals surface area contributed by atoms with Crippen molar-refractivity contribution in [2.45, 2.75) is 39.2 Å². The SMILES string of the molecule is CCc1occc1-c1nnnn1C(C)(CC)C(=O)O. The molecular weight excluding hydrogens is 248 g/mol. The molecule has 19 heavy (non-hydrogen) atoms. The van der Waals surface area contributed by atoms with E-state index in [2.05, 4.69) is 15.5 Å². The molecule has 1 unspecified atom stereocenters. The molecule has 0 fully saturated rings. The lowest BCUT2D eigenvalue weighted by atomic mass is 9.99. The normalized spacial score (nSPS) is 14.3. The van der Waals surface area contributed by atoms with Crippen molar-refractivity contribution in [2.75, 3.05) is 0 Å². The van der Waals surface area contributed by atoms with Gasteiger partial charge in [0.2, 0.25) is 0 Å². The predicted molar refractivity (Wildman–Crippen MR) is 66.5 cm³/mol. The van der Waals surface area contributed by atoms with Crippen LogP contribution in [0, 0.1) is 0 Å². The van der Waals surface area contributed by atoms with Crippen LogP contribution in [-0.2, 0) is 16.8 Å². The van der Waals surface area contributed by atoms with Crippen molar-refractivity contribution in [3.63, 3.8) is 0 Å². The molecule has 0 saturated heterocycles. The minimum atomic E-state index is -1.18. The van der Waals surface area contributed by atoms with Crippen molar-refractivity contribution < 1.29 is 14.3 Å². The summed E-state index contributed by atoms with van der Waals surface area (Å²) in [5.74, 6) is 0.183. The highest BCUT2D eigenvalue weighted by Crippen LogP contribution is 2.28. The Morgan fingerprint density at radius 2 is 2.26 bits per heavy atom. The molecule has 7 nitrogen and oxygen atoms in total. The van der Waals surface area contributed by atoms with Crippen LogP contribution in [-0.4, -0.2) is 31.3 Å². The summed E-state index contributed by atoms with van der Waals surface area (Å²) in [5, 5.41) is 20.8. The number of furan rings is 1. The molecule has 2 aromatic rings. The van der Waals surface area contributed by atoms with Gasteiger partial charge in [-0.3, -0.25) is 0 Å². The van der Waals surface area contributed by atoms with Crippen molar-refractivity contribution in [1.82, 2.24) is 20.2 Å². The minimum absolute atomic E-state index is 0.375. The fraction of sp³-hybridized carbons (Fsp3) is 0.500.